The van der Waals surface area contributed by atoms with E-state index in [0.29, 0.717) is 0 Å². The molecular weight excluding hydrogens is 315 g/mol. The van der Waals surface area contributed by atoms with Crippen molar-refractivity contribution in [1.82, 2.24) is 0 Å². The predicted octanol–water partition coefficient (Wildman–Crippen LogP) is 4.50. The molecule has 0 unspecified atom stereocenters. The normalized spacial score (nSPS) is 20.3. The van der Waals surface area contributed by atoms with Crippen molar-refractivity contribution in [3.8, 4) is 5.75 Å². The number of hydrogen-bond donors (Lipinski definition) is 0. The van der Waals surface area contributed by atoms with Crippen molar-refractivity contribution in [2.45, 2.75) is 84.7 Å². The van der Waals surface area contributed by atoms with E-state index in [-0.39, 0.29) is 16.6 Å². The summed E-state index contributed by atoms with van der Waals surface area (Å²) in [6.45, 7) is 21.6. The summed E-state index contributed by atoms with van der Waals surface area (Å²) in [6.07, 6.45) is 0. The van der Waals surface area contributed by atoms with Gasteiger partial charge in [-0.15, -0.1) is 0 Å². The molecule has 0 aliphatic carbocycles. The van der Waals surface area contributed by atoms with Crippen molar-refractivity contribution in [3.63, 3.8) is 0 Å². The summed E-state index contributed by atoms with van der Waals surface area (Å²) in [6, 6.07) is 6.43. The third kappa shape index (κ3) is 4.06. The van der Waals surface area contributed by atoms with Gasteiger partial charge in [0.15, 0.2) is 0 Å². The van der Waals surface area contributed by atoms with Crippen LogP contribution in [0.5, 0.6) is 5.75 Å². The molecule has 0 saturated carbocycles. The van der Waals surface area contributed by atoms with Crippen LogP contribution in [0, 0.1) is 0 Å². The van der Waals surface area contributed by atoms with Crippen molar-refractivity contribution in [2.75, 3.05) is 0 Å². The fraction of sp³-hybridized carbons (Fsp3) is 0.684. The van der Waals surface area contributed by atoms with Gasteiger partial charge >= 0.3 is 7.12 Å². The quantitative estimate of drug-likeness (QED) is 0.753. The van der Waals surface area contributed by atoms with Gasteiger partial charge in [0.1, 0.15) is 5.75 Å². The number of hydrogen-bond acceptors (Lipinski definition) is 3. The summed E-state index contributed by atoms with van der Waals surface area (Å²) in [4.78, 5) is 0. The Hall–Kier alpha value is -0.778. The zero-order valence-electron chi connectivity index (χ0n) is 17.0. The second-order valence-electron chi connectivity index (χ2n) is 9.81. The first-order valence-corrected chi connectivity index (χ1v) is 12.2. The molecule has 1 aromatic carbocycles. The van der Waals surface area contributed by atoms with Crippen LogP contribution >= 0.6 is 0 Å². The summed E-state index contributed by atoms with van der Waals surface area (Å²) in [5, 5.41) is 0. The topological polar surface area (TPSA) is 27.7 Å². The van der Waals surface area contributed by atoms with E-state index in [1.54, 1.807) is 0 Å². The van der Waals surface area contributed by atoms with Crippen LogP contribution in [0.4, 0.5) is 0 Å². The lowest BCUT2D eigenvalue weighted by Gasteiger charge is -2.32. The second-order valence-corrected chi connectivity index (χ2v) is 14.2. The smallest absolute Gasteiger partial charge is 0.498 e. The fourth-order valence-electron chi connectivity index (χ4n) is 2.59. The number of rotatable bonds is 3. The average Bonchev–Trinajstić information content (AvgIpc) is 2.55. The molecule has 5 heteroatoms. The fourth-order valence-corrected chi connectivity index (χ4v) is 3.44. The molecule has 0 amide bonds. The van der Waals surface area contributed by atoms with Gasteiger partial charge in [-0.2, -0.15) is 0 Å². The molecule has 1 aliphatic heterocycles. The van der Waals surface area contributed by atoms with Gasteiger partial charge in [-0.3, -0.25) is 0 Å². The Morgan fingerprint density at radius 2 is 1.46 bits per heavy atom. The predicted molar refractivity (Wildman–Crippen MR) is 105 cm³/mol. The van der Waals surface area contributed by atoms with Gasteiger partial charge in [0, 0.05) is 5.46 Å². The van der Waals surface area contributed by atoms with Crippen LogP contribution in [0.3, 0.4) is 0 Å². The third-order valence-corrected chi connectivity index (χ3v) is 5.63. The minimum atomic E-state index is -1.73. The van der Waals surface area contributed by atoms with Gasteiger partial charge in [-0.05, 0) is 64.4 Å². The molecule has 24 heavy (non-hydrogen) atoms. The van der Waals surface area contributed by atoms with Crippen LogP contribution < -0.4 is 9.89 Å². The maximum Gasteiger partial charge on any atom is 0.498 e. The highest BCUT2D eigenvalue weighted by molar-refractivity contribution is 6.71. The lowest BCUT2D eigenvalue weighted by atomic mass is 9.75. The Kier molecular flexibility index (Phi) is 4.80. The van der Waals surface area contributed by atoms with E-state index in [0.717, 1.165) is 11.2 Å². The number of benzene rings is 1. The maximum atomic E-state index is 6.33. The highest BCUT2D eigenvalue weighted by atomic mass is 28.4. The zero-order chi connectivity index (χ0) is 18.6. The van der Waals surface area contributed by atoms with Gasteiger partial charge in [-0.25, -0.2) is 0 Å². The summed E-state index contributed by atoms with van der Waals surface area (Å²) in [5.41, 5.74) is 1.62. The Bertz CT molecular complexity index is 596. The summed E-state index contributed by atoms with van der Waals surface area (Å²) >= 11 is 0. The third-order valence-electron chi connectivity index (χ3n) is 4.80. The summed E-state index contributed by atoms with van der Waals surface area (Å²) in [7, 11) is -2.13. The molecule has 1 aromatic rings. The van der Waals surface area contributed by atoms with E-state index in [1.165, 1.54) is 5.56 Å². The molecule has 134 valence electrons. The lowest BCUT2D eigenvalue weighted by molar-refractivity contribution is 0.00578. The Labute approximate surface area is 149 Å². The first-order chi connectivity index (χ1) is 10.6. The van der Waals surface area contributed by atoms with E-state index >= 15 is 0 Å². The van der Waals surface area contributed by atoms with E-state index < -0.39 is 15.4 Å². The van der Waals surface area contributed by atoms with Crippen molar-refractivity contribution in [2.24, 2.45) is 0 Å². The van der Waals surface area contributed by atoms with Crippen LogP contribution in [0.25, 0.3) is 0 Å². The van der Waals surface area contributed by atoms with Gasteiger partial charge in [0.2, 0.25) is 8.32 Å². The monoisotopic (exact) mass is 348 g/mol. The molecule has 2 rings (SSSR count). The van der Waals surface area contributed by atoms with Gasteiger partial charge < -0.3 is 13.7 Å². The van der Waals surface area contributed by atoms with E-state index in [9.17, 15) is 0 Å². The molecule has 0 bridgehead atoms. The SMILES string of the molecule is CC(C)(C)c1ccc(O[Si](C)(C)C)c(B2OC(C)(C)C(C)(C)O2)c1. The average molecular weight is 348 g/mol. The molecule has 1 heterocycles. The largest absolute Gasteiger partial charge is 0.545 e. The van der Waals surface area contributed by atoms with Gasteiger partial charge in [0.25, 0.3) is 0 Å². The summed E-state index contributed by atoms with van der Waals surface area (Å²) < 4.78 is 18.9. The van der Waals surface area contributed by atoms with Crippen molar-refractivity contribution in [3.05, 3.63) is 23.8 Å². The zero-order valence-corrected chi connectivity index (χ0v) is 18.0. The van der Waals surface area contributed by atoms with Gasteiger partial charge in [-0.1, -0.05) is 32.9 Å². The molecule has 0 N–H and O–H groups in total. The minimum Gasteiger partial charge on any atom is -0.545 e. The Morgan fingerprint density at radius 3 is 1.88 bits per heavy atom. The van der Waals surface area contributed by atoms with Crippen molar-refractivity contribution < 1.29 is 13.7 Å². The van der Waals surface area contributed by atoms with Crippen LogP contribution in [0.15, 0.2) is 18.2 Å². The van der Waals surface area contributed by atoms with Crippen LogP contribution in [0.2, 0.25) is 19.6 Å². The van der Waals surface area contributed by atoms with E-state index in [4.69, 9.17) is 13.7 Å². The molecule has 0 spiro atoms. The highest BCUT2D eigenvalue weighted by Crippen LogP contribution is 2.37. The first-order valence-electron chi connectivity index (χ1n) is 8.81. The van der Waals surface area contributed by atoms with Crippen molar-refractivity contribution in [1.29, 1.82) is 0 Å². The van der Waals surface area contributed by atoms with E-state index in [2.05, 4.69) is 86.3 Å². The standard InChI is InChI=1S/C19H33BO3Si/c1-17(2,3)14-11-12-16(21-24(8,9)10)15(13-14)20-22-18(4,5)19(6,7)23-20/h11-13H,1-10H3. The molecule has 1 saturated heterocycles. The first kappa shape index (κ1) is 19.5. The Morgan fingerprint density at radius 1 is 0.958 bits per heavy atom. The molecule has 0 atom stereocenters. The minimum absolute atomic E-state index is 0.0656. The van der Waals surface area contributed by atoms with Crippen LogP contribution in [-0.4, -0.2) is 26.6 Å². The second kappa shape index (κ2) is 5.89. The highest BCUT2D eigenvalue weighted by Gasteiger charge is 2.52. The maximum absolute atomic E-state index is 6.33. The summed E-state index contributed by atoms with van der Waals surface area (Å²) in [5.74, 6) is 0.890. The van der Waals surface area contributed by atoms with Crippen LogP contribution in [0.1, 0.15) is 54.0 Å². The van der Waals surface area contributed by atoms with Gasteiger partial charge in [0.05, 0.1) is 11.2 Å². The lowest BCUT2D eigenvalue weighted by Crippen LogP contribution is -2.41. The molecule has 3 nitrogen and oxygen atoms in total. The molecular formula is C19H33BO3Si. The van der Waals surface area contributed by atoms with Crippen molar-refractivity contribution >= 4 is 20.9 Å². The molecule has 0 aromatic heterocycles. The van der Waals surface area contributed by atoms with Crippen LogP contribution in [-0.2, 0) is 14.7 Å². The Balaban J connectivity index is 2.49. The molecule has 1 fully saturated rings. The molecule has 0 radical (unpaired) electrons. The van der Waals surface area contributed by atoms with E-state index in [1.807, 2.05) is 0 Å². The molecule has 1 aliphatic rings.